The number of hydrogen-bond acceptors (Lipinski definition) is 1. The van der Waals surface area contributed by atoms with E-state index in [0.717, 1.165) is 29.9 Å². The van der Waals surface area contributed by atoms with Gasteiger partial charge in [-0.1, -0.05) is 120 Å². The third-order valence-corrected chi connectivity index (χ3v) is 3.68. The van der Waals surface area contributed by atoms with Crippen molar-refractivity contribution in [2.24, 2.45) is 22.7 Å². The second kappa shape index (κ2) is 28.4. The Bertz CT molecular complexity index is 339. The van der Waals surface area contributed by atoms with Crippen LogP contribution in [0.5, 0.6) is 0 Å². The first kappa shape index (κ1) is 34.6. The summed E-state index contributed by atoms with van der Waals surface area (Å²) in [4.78, 5) is 4.05. The highest BCUT2D eigenvalue weighted by Crippen LogP contribution is 2.10. The fraction of sp³-hybridized carbons (Fsp3) is 0.815. The van der Waals surface area contributed by atoms with Gasteiger partial charge in [-0.2, -0.15) is 0 Å². The topological polar surface area (TPSA) is 12.4 Å². The maximum absolute atomic E-state index is 4.05. The molecule has 0 spiro atoms. The van der Waals surface area contributed by atoms with Crippen LogP contribution in [0.15, 0.2) is 28.9 Å². The zero-order valence-corrected chi connectivity index (χ0v) is 22.0. The Hall–Kier alpha value is -0.850. The molecule has 0 bridgehead atoms. The Morgan fingerprint density at radius 3 is 1.46 bits per heavy atom. The molecular formula is C27H57N. The van der Waals surface area contributed by atoms with E-state index in [1.807, 2.05) is 19.2 Å². The third-order valence-electron chi connectivity index (χ3n) is 3.68. The van der Waals surface area contributed by atoms with Gasteiger partial charge in [0.1, 0.15) is 0 Å². The van der Waals surface area contributed by atoms with Crippen LogP contribution >= 0.6 is 0 Å². The average Bonchev–Trinajstić information content (AvgIpc) is 2.56. The smallest absolute Gasteiger partial charge is 0.0300 e. The molecule has 0 aromatic heterocycles. The van der Waals surface area contributed by atoms with E-state index in [2.05, 4.69) is 87.7 Å². The van der Waals surface area contributed by atoms with Crippen LogP contribution < -0.4 is 0 Å². The number of nitrogens with zero attached hydrogens (tertiary/aromatic N) is 1. The van der Waals surface area contributed by atoms with Gasteiger partial charge in [-0.25, -0.2) is 0 Å². The normalized spacial score (nSPS) is 10.9. The number of allylic oxidation sites excluding steroid dienone is 3. The van der Waals surface area contributed by atoms with Crippen LogP contribution in [0.2, 0.25) is 0 Å². The number of aliphatic imine (C=N–C) groups is 1. The Balaban J connectivity index is -0.000000148. The van der Waals surface area contributed by atoms with Gasteiger partial charge in [0, 0.05) is 11.9 Å². The minimum Gasteiger partial charge on any atom is -0.262 e. The van der Waals surface area contributed by atoms with Crippen LogP contribution in [-0.2, 0) is 0 Å². The molecule has 0 atom stereocenters. The van der Waals surface area contributed by atoms with E-state index in [-0.39, 0.29) is 0 Å². The summed E-state index contributed by atoms with van der Waals surface area (Å²) in [5.74, 6) is 2.68. The van der Waals surface area contributed by atoms with Crippen molar-refractivity contribution in [2.45, 2.75) is 128 Å². The van der Waals surface area contributed by atoms with Crippen molar-refractivity contribution in [3.63, 3.8) is 0 Å². The molecule has 1 heteroatoms. The molecule has 0 saturated heterocycles. The Labute approximate surface area is 181 Å². The molecule has 28 heavy (non-hydrogen) atoms. The SMILES string of the molecule is C=C(C)N=C/C=C(\C)CCC.CC(C)C.CCC(C)C.CCCC(C)CCC. The summed E-state index contributed by atoms with van der Waals surface area (Å²) >= 11 is 0. The third kappa shape index (κ3) is 56.2. The molecule has 0 unspecified atom stereocenters. The fourth-order valence-corrected chi connectivity index (χ4v) is 1.90. The summed E-state index contributed by atoms with van der Waals surface area (Å²) in [5.41, 5.74) is 2.23. The Morgan fingerprint density at radius 2 is 1.21 bits per heavy atom. The lowest BCUT2D eigenvalue weighted by Crippen LogP contribution is -1.91. The highest BCUT2D eigenvalue weighted by molar-refractivity contribution is 5.72. The summed E-state index contributed by atoms with van der Waals surface area (Å²) in [6.07, 6.45) is 13.0. The second-order valence-corrected chi connectivity index (χ2v) is 8.99. The molecule has 0 saturated carbocycles. The van der Waals surface area contributed by atoms with Crippen LogP contribution in [0, 0.1) is 17.8 Å². The summed E-state index contributed by atoms with van der Waals surface area (Å²) in [6, 6.07) is 0. The molecular weight excluding hydrogens is 338 g/mol. The van der Waals surface area contributed by atoms with Crippen LogP contribution in [0.3, 0.4) is 0 Å². The lowest BCUT2D eigenvalue weighted by Gasteiger charge is -2.05. The quantitative estimate of drug-likeness (QED) is 0.344. The first-order chi connectivity index (χ1) is 13.0. The van der Waals surface area contributed by atoms with Crippen molar-refractivity contribution < 1.29 is 0 Å². The van der Waals surface area contributed by atoms with E-state index >= 15 is 0 Å². The van der Waals surface area contributed by atoms with Crippen molar-refractivity contribution in [2.75, 3.05) is 0 Å². The number of hydrogen-bond donors (Lipinski definition) is 0. The van der Waals surface area contributed by atoms with Gasteiger partial charge in [-0.3, -0.25) is 4.99 Å². The first-order valence-electron chi connectivity index (χ1n) is 11.8. The lowest BCUT2D eigenvalue weighted by molar-refractivity contribution is 0.480. The Morgan fingerprint density at radius 1 is 0.821 bits per heavy atom. The van der Waals surface area contributed by atoms with Gasteiger partial charge in [-0.15, -0.1) is 0 Å². The van der Waals surface area contributed by atoms with Crippen molar-refractivity contribution in [3.05, 3.63) is 23.9 Å². The zero-order chi connectivity index (χ0) is 23.0. The van der Waals surface area contributed by atoms with Gasteiger partial charge in [0.25, 0.3) is 0 Å². The van der Waals surface area contributed by atoms with Crippen LogP contribution in [0.25, 0.3) is 0 Å². The standard InChI is InChI=1S/C10H17N.C8H18.C5H12.C4H10/c1-5-6-10(4)7-8-11-9(2)3;1-4-6-8(3)7-5-2;1-4-5(2)3;1-4(2)3/h7-8H,2,5-6H2,1,3-4H3;8H,4-7H2,1-3H3;5H,4H2,1-3H3;4H,1-3H3/b10-7+,11-8?;;;. The van der Waals surface area contributed by atoms with Crippen LogP contribution in [0.4, 0.5) is 0 Å². The van der Waals surface area contributed by atoms with E-state index in [0.29, 0.717) is 0 Å². The summed E-state index contributed by atoms with van der Waals surface area (Å²) < 4.78 is 0. The van der Waals surface area contributed by atoms with Gasteiger partial charge < -0.3 is 0 Å². The molecule has 0 amide bonds. The van der Waals surface area contributed by atoms with Gasteiger partial charge >= 0.3 is 0 Å². The van der Waals surface area contributed by atoms with Crippen molar-refractivity contribution in [1.82, 2.24) is 0 Å². The van der Waals surface area contributed by atoms with Gasteiger partial charge in [0.2, 0.25) is 0 Å². The summed E-state index contributed by atoms with van der Waals surface area (Å²) in [6.45, 7) is 29.8. The molecule has 170 valence electrons. The minimum absolute atomic E-state index is 0.833. The largest absolute Gasteiger partial charge is 0.262 e. The van der Waals surface area contributed by atoms with Crippen molar-refractivity contribution >= 4 is 6.21 Å². The van der Waals surface area contributed by atoms with Gasteiger partial charge in [-0.05, 0) is 44.1 Å². The maximum atomic E-state index is 4.05. The monoisotopic (exact) mass is 395 g/mol. The first-order valence-corrected chi connectivity index (χ1v) is 11.8. The summed E-state index contributed by atoms with van der Waals surface area (Å²) in [5, 5.41) is 0. The minimum atomic E-state index is 0.833. The molecule has 0 aliphatic carbocycles. The zero-order valence-electron chi connectivity index (χ0n) is 22.0. The van der Waals surface area contributed by atoms with Crippen LogP contribution in [-0.4, -0.2) is 6.21 Å². The summed E-state index contributed by atoms with van der Waals surface area (Å²) in [7, 11) is 0. The van der Waals surface area contributed by atoms with E-state index < -0.39 is 0 Å². The number of rotatable bonds is 9. The highest BCUT2D eigenvalue weighted by atomic mass is 14.7. The van der Waals surface area contributed by atoms with Gasteiger partial charge in [0.05, 0.1) is 0 Å². The van der Waals surface area contributed by atoms with Gasteiger partial charge in [0.15, 0.2) is 0 Å². The lowest BCUT2D eigenvalue weighted by atomic mass is 10.0. The fourth-order valence-electron chi connectivity index (χ4n) is 1.90. The molecule has 0 fully saturated rings. The maximum Gasteiger partial charge on any atom is 0.0300 e. The van der Waals surface area contributed by atoms with E-state index in [1.54, 1.807) is 0 Å². The van der Waals surface area contributed by atoms with Crippen molar-refractivity contribution in [1.29, 1.82) is 0 Å². The predicted molar refractivity (Wildman–Crippen MR) is 137 cm³/mol. The highest BCUT2D eigenvalue weighted by Gasteiger charge is 1.95. The van der Waals surface area contributed by atoms with E-state index in [9.17, 15) is 0 Å². The molecule has 0 aromatic rings. The van der Waals surface area contributed by atoms with E-state index in [1.165, 1.54) is 44.1 Å². The molecule has 0 aliphatic rings. The molecule has 0 N–H and O–H groups in total. The molecule has 1 nitrogen and oxygen atoms in total. The van der Waals surface area contributed by atoms with E-state index in [4.69, 9.17) is 0 Å². The molecule has 0 heterocycles. The average molecular weight is 396 g/mol. The molecule has 0 rings (SSSR count). The van der Waals surface area contributed by atoms with Crippen molar-refractivity contribution in [3.8, 4) is 0 Å². The predicted octanol–water partition coefficient (Wildman–Crippen LogP) is 10.3. The molecule has 0 radical (unpaired) electrons. The van der Waals surface area contributed by atoms with Crippen LogP contribution in [0.1, 0.15) is 128 Å². The molecule has 0 aromatic carbocycles. The molecule has 0 aliphatic heterocycles. The Kier molecular flexibility index (Phi) is 35.1. The second-order valence-electron chi connectivity index (χ2n) is 8.99.